The third-order valence-electron chi connectivity index (χ3n) is 6.91. The Hall–Kier alpha value is -1.88. The molecular formula is C24H30N2O2. The van der Waals surface area contributed by atoms with E-state index in [1.54, 1.807) is 0 Å². The van der Waals surface area contributed by atoms with Gasteiger partial charge in [-0.3, -0.25) is 4.90 Å². The lowest BCUT2D eigenvalue weighted by Gasteiger charge is -2.44. The van der Waals surface area contributed by atoms with E-state index in [0.29, 0.717) is 12.1 Å². The fraction of sp³-hybridized carbons (Fsp3) is 0.500. The van der Waals surface area contributed by atoms with Gasteiger partial charge < -0.3 is 14.7 Å². The second kappa shape index (κ2) is 7.51. The van der Waals surface area contributed by atoms with E-state index in [1.807, 2.05) is 0 Å². The highest BCUT2D eigenvalue weighted by Crippen LogP contribution is 2.46. The van der Waals surface area contributed by atoms with Crippen molar-refractivity contribution in [1.29, 1.82) is 0 Å². The first-order valence-corrected chi connectivity index (χ1v) is 10.7. The molecule has 1 N–H and O–H groups in total. The zero-order chi connectivity index (χ0) is 19.0. The lowest BCUT2D eigenvalue weighted by Crippen LogP contribution is -2.49. The summed E-state index contributed by atoms with van der Waals surface area (Å²) >= 11 is 0. The van der Waals surface area contributed by atoms with Crippen LogP contribution in [-0.2, 0) is 16.9 Å². The van der Waals surface area contributed by atoms with Gasteiger partial charge in [0, 0.05) is 37.4 Å². The Balaban J connectivity index is 1.30. The van der Waals surface area contributed by atoms with Crippen LogP contribution in [0.2, 0.25) is 0 Å². The van der Waals surface area contributed by atoms with Crippen LogP contribution in [0, 0.1) is 0 Å². The smallest absolute Gasteiger partial charge is 0.0926 e. The first-order valence-electron chi connectivity index (χ1n) is 10.7. The van der Waals surface area contributed by atoms with Crippen LogP contribution in [0.1, 0.15) is 36.8 Å². The number of nitrogens with zero attached hydrogens (tertiary/aromatic N) is 2. The van der Waals surface area contributed by atoms with E-state index >= 15 is 0 Å². The van der Waals surface area contributed by atoms with Crippen molar-refractivity contribution in [3.8, 4) is 0 Å². The number of benzene rings is 2. The molecule has 3 fully saturated rings. The monoisotopic (exact) mass is 378 g/mol. The van der Waals surface area contributed by atoms with Crippen molar-refractivity contribution < 1.29 is 9.84 Å². The van der Waals surface area contributed by atoms with E-state index in [1.165, 1.54) is 24.1 Å². The predicted molar refractivity (Wildman–Crippen MR) is 111 cm³/mol. The highest BCUT2D eigenvalue weighted by atomic mass is 16.5. The van der Waals surface area contributed by atoms with Crippen LogP contribution in [0.5, 0.6) is 0 Å². The average Bonchev–Trinajstić information content (AvgIpc) is 2.99. The van der Waals surface area contributed by atoms with Crippen LogP contribution < -0.4 is 4.90 Å². The molecule has 3 saturated heterocycles. The van der Waals surface area contributed by atoms with Crippen LogP contribution in [0.4, 0.5) is 5.69 Å². The van der Waals surface area contributed by atoms with Gasteiger partial charge in [-0.15, -0.1) is 0 Å². The molecule has 2 aromatic carbocycles. The fourth-order valence-corrected chi connectivity index (χ4v) is 5.41. The number of rotatable bonds is 4. The molecule has 28 heavy (non-hydrogen) atoms. The number of hydrogen-bond donors (Lipinski definition) is 1. The number of ether oxygens (including phenoxy) is 1. The summed E-state index contributed by atoms with van der Waals surface area (Å²) < 4.78 is 5.45. The van der Waals surface area contributed by atoms with Crippen molar-refractivity contribution in [2.45, 2.75) is 49.9 Å². The summed E-state index contributed by atoms with van der Waals surface area (Å²) in [6.45, 7) is 4.49. The Morgan fingerprint density at radius 2 is 1.54 bits per heavy atom. The lowest BCUT2D eigenvalue weighted by atomic mass is 9.80. The molecule has 3 aliphatic heterocycles. The summed E-state index contributed by atoms with van der Waals surface area (Å²) in [7, 11) is 0. The second-order valence-electron chi connectivity index (χ2n) is 8.63. The molecule has 2 bridgehead atoms. The van der Waals surface area contributed by atoms with Crippen LogP contribution in [0.15, 0.2) is 54.6 Å². The Bertz CT molecular complexity index is 772. The molecule has 148 valence electrons. The molecule has 0 spiro atoms. The summed E-state index contributed by atoms with van der Waals surface area (Å²) in [5.74, 6) is 0. The summed E-state index contributed by atoms with van der Waals surface area (Å²) in [6.07, 6.45) is 4.08. The minimum absolute atomic E-state index is 0.475. The quantitative estimate of drug-likeness (QED) is 0.883. The van der Waals surface area contributed by atoms with Gasteiger partial charge in [-0.1, -0.05) is 42.5 Å². The van der Waals surface area contributed by atoms with Gasteiger partial charge in [-0.05, 0) is 48.9 Å². The van der Waals surface area contributed by atoms with E-state index in [9.17, 15) is 5.11 Å². The van der Waals surface area contributed by atoms with Crippen LogP contribution in [0.3, 0.4) is 0 Å². The number of aliphatic hydroxyl groups is 1. The molecule has 4 heteroatoms. The van der Waals surface area contributed by atoms with Crippen molar-refractivity contribution in [3.63, 3.8) is 0 Å². The Morgan fingerprint density at radius 1 is 0.893 bits per heavy atom. The molecule has 4 nitrogen and oxygen atoms in total. The first-order chi connectivity index (χ1) is 13.7. The fourth-order valence-electron chi connectivity index (χ4n) is 5.41. The topological polar surface area (TPSA) is 35.9 Å². The predicted octanol–water partition coefficient (Wildman–Crippen LogP) is 3.54. The molecule has 2 aromatic rings. The molecular weight excluding hydrogens is 348 g/mol. The lowest BCUT2D eigenvalue weighted by molar-refractivity contribution is -0.0595. The molecule has 0 amide bonds. The average molecular weight is 379 g/mol. The Morgan fingerprint density at radius 3 is 2.18 bits per heavy atom. The van der Waals surface area contributed by atoms with Crippen molar-refractivity contribution in [3.05, 3.63) is 65.7 Å². The second-order valence-corrected chi connectivity index (χ2v) is 8.63. The van der Waals surface area contributed by atoms with E-state index in [0.717, 1.165) is 51.3 Å². The third kappa shape index (κ3) is 3.45. The minimum Gasteiger partial charge on any atom is -0.385 e. The maximum absolute atomic E-state index is 11.5. The van der Waals surface area contributed by atoms with E-state index in [-0.39, 0.29) is 0 Å². The number of morpholine rings is 1. The number of anilines is 1. The maximum atomic E-state index is 11.5. The highest BCUT2D eigenvalue weighted by Gasteiger charge is 2.48. The van der Waals surface area contributed by atoms with E-state index in [4.69, 9.17) is 4.74 Å². The van der Waals surface area contributed by atoms with E-state index in [2.05, 4.69) is 64.4 Å². The SMILES string of the molecule is OC1(c2ccc(N3CCOCC3)cc2)CC2CCC(C1)N2Cc1ccccc1. The van der Waals surface area contributed by atoms with Crippen molar-refractivity contribution >= 4 is 5.69 Å². The molecule has 3 aliphatic rings. The van der Waals surface area contributed by atoms with Gasteiger partial charge in [-0.2, -0.15) is 0 Å². The molecule has 0 saturated carbocycles. The molecule has 5 rings (SSSR count). The first kappa shape index (κ1) is 18.2. The summed E-state index contributed by atoms with van der Waals surface area (Å²) in [4.78, 5) is 5.00. The molecule has 0 aromatic heterocycles. The molecule has 2 unspecified atom stereocenters. The van der Waals surface area contributed by atoms with Gasteiger partial charge in [-0.25, -0.2) is 0 Å². The van der Waals surface area contributed by atoms with Gasteiger partial charge in [0.25, 0.3) is 0 Å². The zero-order valence-electron chi connectivity index (χ0n) is 16.5. The summed E-state index contributed by atoms with van der Waals surface area (Å²) in [6, 6.07) is 20.3. The molecule has 3 heterocycles. The van der Waals surface area contributed by atoms with E-state index < -0.39 is 5.60 Å². The van der Waals surface area contributed by atoms with Crippen molar-refractivity contribution in [2.24, 2.45) is 0 Å². The standard InChI is InChI=1S/C24H30N2O2/c27-24(20-6-8-21(9-7-20)25-12-14-28-15-13-25)16-22-10-11-23(17-24)26(22)18-19-4-2-1-3-5-19/h1-9,22-23,27H,10-18H2. The van der Waals surface area contributed by atoms with Gasteiger partial charge in [0.15, 0.2) is 0 Å². The van der Waals surface area contributed by atoms with Gasteiger partial charge in [0.05, 0.1) is 18.8 Å². The normalized spacial score (nSPS) is 30.5. The van der Waals surface area contributed by atoms with Crippen LogP contribution in [-0.4, -0.2) is 48.4 Å². The number of fused-ring (bicyclic) bond motifs is 2. The largest absolute Gasteiger partial charge is 0.385 e. The Labute approximate surface area is 167 Å². The van der Waals surface area contributed by atoms with Crippen LogP contribution in [0.25, 0.3) is 0 Å². The highest BCUT2D eigenvalue weighted by molar-refractivity contribution is 5.49. The van der Waals surface area contributed by atoms with Gasteiger partial charge in [0.2, 0.25) is 0 Å². The molecule has 0 radical (unpaired) electrons. The third-order valence-corrected chi connectivity index (χ3v) is 6.91. The molecule has 0 aliphatic carbocycles. The number of piperidine rings is 1. The van der Waals surface area contributed by atoms with Crippen molar-refractivity contribution in [1.82, 2.24) is 4.90 Å². The Kier molecular flexibility index (Phi) is 4.87. The molecule has 2 atom stereocenters. The van der Waals surface area contributed by atoms with Crippen LogP contribution >= 0.6 is 0 Å². The summed E-state index contributed by atoms with van der Waals surface area (Å²) in [5.41, 5.74) is 3.00. The maximum Gasteiger partial charge on any atom is 0.0926 e. The number of hydrogen-bond acceptors (Lipinski definition) is 4. The minimum atomic E-state index is -0.692. The van der Waals surface area contributed by atoms with Gasteiger partial charge in [0.1, 0.15) is 0 Å². The zero-order valence-corrected chi connectivity index (χ0v) is 16.5. The summed E-state index contributed by atoms with van der Waals surface area (Å²) in [5, 5.41) is 11.5. The van der Waals surface area contributed by atoms with Gasteiger partial charge >= 0.3 is 0 Å². The van der Waals surface area contributed by atoms with Crippen molar-refractivity contribution in [2.75, 3.05) is 31.2 Å².